The summed E-state index contributed by atoms with van der Waals surface area (Å²) in [7, 11) is -2.85. The Balaban J connectivity index is 1.86. The molecule has 6 heteroatoms. The third-order valence-electron chi connectivity index (χ3n) is 4.23. The highest BCUT2D eigenvalue weighted by atomic mass is 32.2. The van der Waals surface area contributed by atoms with Gasteiger partial charge >= 0.3 is 0 Å². The highest BCUT2D eigenvalue weighted by molar-refractivity contribution is 7.91. The molecule has 0 aromatic heterocycles. The lowest BCUT2D eigenvalue weighted by molar-refractivity contribution is -0.127. The van der Waals surface area contributed by atoms with Crippen molar-refractivity contribution in [2.24, 2.45) is 5.92 Å². The molecule has 0 saturated carbocycles. The molecule has 0 radical (unpaired) electrons. The van der Waals surface area contributed by atoms with Gasteiger partial charge in [-0.15, -0.1) is 0 Å². The van der Waals surface area contributed by atoms with E-state index in [1.165, 1.54) is 0 Å². The maximum Gasteiger partial charge on any atom is 0.240 e. The number of hydrogen-bond acceptors (Lipinski definition) is 4. The van der Waals surface area contributed by atoms with Gasteiger partial charge in [0.2, 0.25) is 5.91 Å². The van der Waals surface area contributed by atoms with Crippen LogP contribution in [0.25, 0.3) is 0 Å². The largest absolute Gasteiger partial charge is 0.354 e. The number of sulfone groups is 1. The Morgan fingerprint density at radius 2 is 2.26 bits per heavy atom. The second kappa shape index (κ2) is 5.79. The molecule has 2 saturated heterocycles. The predicted molar refractivity (Wildman–Crippen MR) is 74.6 cm³/mol. The number of carbonyl (C=O) groups is 1. The van der Waals surface area contributed by atoms with E-state index < -0.39 is 15.4 Å². The zero-order valence-electron chi connectivity index (χ0n) is 11.6. The van der Waals surface area contributed by atoms with Gasteiger partial charge in [0.05, 0.1) is 17.0 Å². The minimum Gasteiger partial charge on any atom is -0.354 e. The van der Waals surface area contributed by atoms with E-state index in [0.29, 0.717) is 13.0 Å². The van der Waals surface area contributed by atoms with Crippen molar-refractivity contribution in [3.63, 3.8) is 0 Å². The maximum atomic E-state index is 12.4. The fraction of sp³-hybridized carbons (Fsp3) is 0.923. The number of hydrogen-bond donors (Lipinski definition) is 2. The Hall–Kier alpha value is -0.620. The average Bonchev–Trinajstić information content (AvgIpc) is 2.94. The molecule has 2 rings (SSSR count). The van der Waals surface area contributed by atoms with Crippen LogP contribution in [-0.2, 0) is 14.6 Å². The molecule has 2 unspecified atom stereocenters. The summed E-state index contributed by atoms with van der Waals surface area (Å²) in [5, 5.41) is 6.30. The van der Waals surface area contributed by atoms with E-state index >= 15 is 0 Å². The zero-order chi connectivity index (χ0) is 13.9. The lowest BCUT2D eigenvalue weighted by Gasteiger charge is -2.28. The van der Waals surface area contributed by atoms with Crippen LogP contribution < -0.4 is 10.6 Å². The van der Waals surface area contributed by atoms with Crippen LogP contribution in [0.4, 0.5) is 0 Å². The first kappa shape index (κ1) is 14.8. The van der Waals surface area contributed by atoms with E-state index in [0.717, 1.165) is 32.2 Å². The first-order valence-electron chi connectivity index (χ1n) is 7.21. The number of amides is 1. The third kappa shape index (κ3) is 3.48. The molecule has 1 amide bonds. The van der Waals surface area contributed by atoms with Crippen molar-refractivity contribution in [3.05, 3.63) is 0 Å². The van der Waals surface area contributed by atoms with Crippen molar-refractivity contribution in [1.82, 2.24) is 10.6 Å². The summed E-state index contributed by atoms with van der Waals surface area (Å²) < 4.78 is 22.8. The number of rotatable bonds is 5. The Morgan fingerprint density at radius 3 is 2.79 bits per heavy atom. The summed E-state index contributed by atoms with van der Waals surface area (Å²) in [6.45, 7) is 3.47. The molecule has 2 aliphatic rings. The van der Waals surface area contributed by atoms with E-state index in [1.54, 1.807) is 0 Å². The van der Waals surface area contributed by atoms with Crippen LogP contribution >= 0.6 is 0 Å². The van der Waals surface area contributed by atoms with Crippen LogP contribution in [0.2, 0.25) is 0 Å². The fourth-order valence-corrected chi connectivity index (χ4v) is 5.05. The number of nitrogens with one attached hydrogen (secondary N) is 2. The van der Waals surface area contributed by atoms with Crippen molar-refractivity contribution in [1.29, 1.82) is 0 Å². The maximum absolute atomic E-state index is 12.4. The molecule has 2 heterocycles. The van der Waals surface area contributed by atoms with Crippen LogP contribution in [0, 0.1) is 5.92 Å². The van der Waals surface area contributed by atoms with Crippen LogP contribution in [0.5, 0.6) is 0 Å². The predicted octanol–water partition coefficient (Wildman–Crippen LogP) is 0.460. The summed E-state index contributed by atoms with van der Waals surface area (Å²) in [4.78, 5) is 12.4. The first-order valence-corrected chi connectivity index (χ1v) is 9.03. The molecule has 0 aromatic carbocycles. The quantitative estimate of drug-likeness (QED) is 0.770. The molecule has 2 aliphatic heterocycles. The summed E-state index contributed by atoms with van der Waals surface area (Å²) in [5.74, 6) is 0.637. The van der Waals surface area contributed by atoms with Gasteiger partial charge in [0.25, 0.3) is 0 Å². The molecule has 5 nitrogen and oxygen atoms in total. The van der Waals surface area contributed by atoms with Crippen LogP contribution in [0.3, 0.4) is 0 Å². The summed E-state index contributed by atoms with van der Waals surface area (Å²) in [5.41, 5.74) is -0.410. The molecule has 2 fully saturated rings. The van der Waals surface area contributed by atoms with Crippen molar-refractivity contribution in [3.8, 4) is 0 Å². The second-order valence-corrected chi connectivity index (χ2v) is 8.07. The van der Waals surface area contributed by atoms with Crippen molar-refractivity contribution in [2.45, 2.75) is 44.6 Å². The topological polar surface area (TPSA) is 75.3 Å². The minimum absolute atomic E-state index is 0.0520. The normalized spacial score (nSPS) is 33.4. The van der Waals surface area contributed by atoms with Gasteiger partial charge in [-0.3, -0.25) is 4.79 Å². The second-order valence-electron chi connectivity index (χ2n) is 5.84. The van der Waals surface area contributed by atoms with Gasteiger partial charge < -0.3 is 10.6 Å². The molecular weight excluding hydrogens is 264 g/mol. The smallest absolute Gasteiger partial charge is 0.240 e. The van der Waals surface area contributed by atoms with E-state index in [1.807, 2.05) is 0 Å². The highest BCUT2D eigenvalue weighted by Crippen LogP contribution is 2.25. The SMILES string of the molecule is CCCC1(C(=O)NCC2CCS(=O)(=O)C2)CCCN1. The van der Waals surface area contributed by atoms with Gasteiger partial charge in [-0.05, 0) is 38.1 Å². The van der Waals surface area contributed by atoms with Crippen molar-refractivity contribution < 1.29 is 13.2 Å². The Bertz CT molecular complexity index is 427. The third-order valence-corrected chi connectivity index (χ3v) is 6.07. The van der Waals surface area contributed by atoms with E-state index in [2.05, 4.69) is 17.6 Å². The van der Waals surface area contributed by atoms with Gasteiger partial charge in [-0.2, -0.15) is 0 Å². The van der Waals surface area contributed by atoms with Crippen LogP contribution in [0.1, 0.15) is 39.0 Å². The first-order chi connectivity index (χ1) is 8.97. The molecule has 0 aliphatic carbocycles. The van der Waals surface area contributed by atoms with Crippen molar-refractivity contribution in [2.75, 3.05) is 24.6 Å². The van der Waals surface area contributed by atoms with Gasteiger partial charge in [0, 0.05) is 6.54 Å². The fourth-order valence-electron chi connectivity index (χ4n) is 3.19. The van der Waals surface area contributed by atoms with Gasteiger partial charge in [-0.1, -0.05) is 13.3 Å². The van der Waals surface area contributed by atoms with E-state index in [9.17, 15) is 13.2 Å². The summed E-state index contributed by atoms with van der Waals surface area (Å²) >= 11 is 0. The van der Waals surface area contributed by atoms with E-state index in [-0.39, 0.29) is 23.3 Å². The monoisotopic (exact) mass is 288 g/mol. The van der Waals surface area contributed by atoms with Gasteiger partial charge in [-0.25, -0.2) is 8.42 Å². The molecule has 0 spiro atoms. The molecular formula is C13H24N2O3S. The Kier molecular flexibility index (Phi) is 4.50. The van der Waals surface area contributed by atoms with Crippen LogP contribution in [0.15, 0.2) is 0 Å². The highest BCUT2D eigenvalue weighted by Gasteiger charge is 2.40. The average molecular weight is 288 g/mol. The number of carbonyl (C=O) groups excluding carboxylic acids is 1. The zero-order valence-corrected chi connectivity index (χ0v) is 12.4. The molecule has 0 aromatic rings. The van der Waals surface area contributed by atoms with Gasteiger partial charge in [0.1, 0.15) is 0 Å². The Labute approximate surface area is 115 Å². The molecule has 2 N–H and O–H groups in total. The van der Waals surface area contributed by atoms with E-state index in [4.69, 9.17) is 0 Å². The summed E-state index contributed by atoms with van der Waals surface area (Å²) in [6.07, 6.45) is 4.41. The minimum atomic E-state index is -2.85. The molecule has 19 heavy (non-hydrogen) atoms. The molecule has 2 atom stereocenters. The molecule has 0 bridgehead atoms. The Morgan fingerprint density at radius 1 is 1.47 bits per heavy atom. The summed E-state index contributed by atoms with van der Waals surface area (Å²) in [6, 6.07) is 0. The van der Waals surface area contributed by atoms with Gasteiger partial charge in [0.15, 0.2) is 9.84 Å². The molecule has 110 valence electrons. The standard InChI is InChI=1S/C13H24N2O3S/c1-2-5-13(6-3-7-15-13)12(16)14-9-11-4-8-19(17,18)10-11/h11,15H,2-10H2,1H3,(H,14,16). The lowest BCUT2D eigenvalue weighted by atomic mass is 9.90. The van der Waals surface area contributed by atoms with Crippen LogP contribution in [-0.4, -0.2) is 44.5 Å². The van der Waals surface area contributed by atoms with Crippen molar-refractivity contribution >= 4 is 15.7 Å². The lowest BCUT2D eigenvalue weighted by Crippen LogP contribution is -2.54.